The molecule has 1 atom stereocenters. The van der Waals surface area contributed by atoms with Crippen molar-refractivity contribution in [1.29, 1.82) is 0 Å². The lowest BCUT2D eigenvalue weighted by Crippen LogP contribution is -2.49. The number of carbonyl (C=O) groups excluding carboxylic acids is 3. The van der Waals surface area contributed by atoms with Gasteiger partial charge in [-0.05, 0) is 57.9 Å². The predicted octanol–water partition coefficient (Wildman–Crippen LogP) is 3.83. The standard InChI is InChI=1S/C22H24N2O3/c1-14-12-17-8-5-6-11-19(17)24(14)21(27)22(3,4)20(26)23-18-10-7-9-16(13-18)15(2)25/h5-11,13-14H,12H2,1-4H3,(H,23,26). The Bertz CT molecular complexity index is 917. The molecule has 0 aliphatic carbocycles. The SMILES string of the molecule is CC(=O)c1cccc(NC(=O)C(C)(C)C(=O)N2c3ccccc3CC2C)c1. The largest absolute Gasteiger partial charge is 0.325 e. The van der Waals surface area contributed by atoms with Crippen LogP contribution in [0.15, 0.2) is 48.5 Å². The van der Waals surface area contributed by atoms with Gasteiger partial charge in [-0.2, -0.15) is 0 Å². The third kappa shape index (κ3) is 3.50. The average molecular weight is 364 g/mol. The first-order chi connectivity index (χ1) is 12.7. The molecular formula is C22H24N2O3. The summed E-state index contributed by atoms with van der Waals surface area (Å²) in [6.07, 6.45) is 0.778. The number of Topliss-reactive ketones (excluding diaryl/α,β-unsaturated/α-hetero) is 1. The maximum atomic E-state index is 13.3. The van der Waals surface area contributed by atoms with Gasteiger partial charge in [0.25, 0.3) is 0 Å². The molecule has 5 heteroatoms. The summed E-state index contributed by atoms with van der Waals surface area (Å²) in [7, 11) is 0. The van der Waals surface area contributed by atoms with Crippen LogP contribution in [0.1, 0.15) is 43.6 Å². The Hall–Kier alpha value is -2.95. The molecule has 3 rings (SSSR count). The third-order valence-electron chi connectivity index (χ3n) is 5.06. The molecule has 0 saturated carbocycles. The van der Waals surface area contributed by atoms with E-state index >= 15 is 0 Å². The lowest BCUT2D eigenvalue weighted by Gasteiger charge is -2.31. The summed E-state index contributed by atoms with van der Waals surface area (Å²) < 4.78 is 0. The van der Waals surface area contributed by atoms with Gasteiger partial charge >= 0.3 is 0 Å². The number of rotatable bonds is 4. The van der Waals surface area contributed by atoms with Crippen LogP contribution in [-0.4, -0.2) is 23.6 Å². The van der Waals surface area contributed by atoms with Gasteiger partial charge in [-0.1, -0.05) is 30.3 Å². The highest BCUT2D eigenvalue weighted by atomic mass is 16.2. The minimum absolute atomic E-state index is 0.00279. The highest BCUT2D eigenvalue weighted by molar-refractivity contribution is 6.15. The van der Waals surface area contributed by atoms with E-state index in [1.54, 1.807) is 43.0 Å². The van der Waals surface area contributed by atoms with Gasteiger partial charge in [-0.25, -0.2) is 0 Å². The van der Waals surface area contributed by atoms with E-state index in [1.807, 2.05) is 31.2 Å². The Kier molecular flexibility index (Phi) is 4.87. The number of hydrogen-bond donors (Lipinski definition) is 1. The second-order valence-corrected chi connectivity index (χ2v) is 7.57. The number of amides is 2. The van der Waals surface area contributed by atoms with E-state index < -0.39 is 11.3 Å². The third-order valence-corrected chi connectivity index (χ3v) is 5.06. The number of hydrogen-bond acceptors (Lipinski definition) is 3. The first-order valence-electron chi connectivity index (χ1n) is 9.06. The van der Waals surface area contributed by atoms with E-state index in [0.717, 1.165) is 17.7 Å². The number of nitrogens with one attached hydrogen (secondary N) is 1. The van der Waals surface area contributed by atoms with Crippen LogP contribution in [0.2, 0.25) is 0 Å². The second-order valence-electron chi connectivity index (χ2n) is 7.57. The minimum Gasteiger partial charge on any atom is -0.325 e. The molecule has 1 N–H and O–H groups in total. The molecule has 2 aromatic rings. The molecule has 5 nitrogen and oxygen atoms in total. The molecule has 0 bridgehead atoms. The molecule has 1 heterocycles. The Morgan fingerprint density at radius 2 is 1.78 bits per heavy atom. The number of benzene rings is 2. The minimum atomic E-state index is -1.25. The number of nitrogens with zero attached hydrogens (tertiary/aromatic N) is 1. The molecule has 0 aromatic heterocycles. The number of fused-ring (bicyclic) bond motifs is 1. The van der Waals surface area contributed by atoms with Crippen LogP contribution in [0, 0.1) is 5.41 Å². The van der Waals surface area contributed by atoms with Crippen molar-refractivity contribution in [2.24, 2.45) is 5.41 Å². The molecule has 27 heavy (non-hydrogen) atoms. The summed E-state index contributed by atoms with van der Waals surface area (Å²) in [6, 6.07) is 14.5. The van der Waals surface area contributed by atoms with E-state index in [1.165, 1.54) is 6.92 Å². The maximum absolute atomic E-state index is 13.3. The zero-order valence-electron chi connectivity index (χ0n) is 16.1. The molecule has 2 aromatic carbocycles. The summed E-state index contributed by atoms with van der Waals surface area (Å²) in [6.45, 7) is 6.73. The number of anilines is 2. The summed E-state index contributed by atoms with van der Waals surface area (Å²) >= 11 is 0. The molecule has 0 fully saturated rings. The molecule has 0 saturated heterocycles. The fourth-order valence-corrected chi connectivity index (χ4v) is 3.38. The predicted molar refractivity (Wildman–Crippen MR) is 106 cm³/mol. The monoisotopic (exact) mass is 364 g/mol. The Morgan fingerprint density at radius 1 is 1.07 bits per heavy atom. The molecule has 0 spiro atoms. The summed E-state index contributed by atoms with van der Waals surface area (Å²) in [5.74, 6) is -0.714. The molecule has 1 unspecified atom stereocenters. The van der Waals surface area contributed by atoms with Gasteiger partial charge in [0.2, 0.25) is 11.8 Å². The van der Waals surface area contributed by atoms with Crippen LogP contribution >= 0.6 is 0 Å². The van der Waals surface area contributed by atoms with E-state index in [9.17, 15) is 14.4 Å². The van der Waals surface area contributed by atoms with Crippen LogP contribution in [0.4, 0.5) is 11.4 Å². The lowest BCUT2D eigenvalue weighted by molar-refractivity contribution is -0.136. The van der Waals surface area contributed by atoms with Crippen molar-refractivity contribution < 1.29 is 14.4 Å². The van der Waals surface area contributed by atoms with Crippen LogP contribution in [0.25, 0.3) is 0 Å². The fourth-order valence-electron chi connectivity index (χ4n) is 3.38. The van der Waals surface area contributed by atoms with Crippen LogP contribution in [-0.2, 0) is 16.0 Å². The highest BCUT2D eigenvalue weighted by Crippen LogP contribution is 2.35. The van der Waals surface area contributed by atoms with Crippen molar-refractivity contribution in [2.75, 3.05) is 10.2 Å². The van der Waals surface area contributed by atoms with Crippen LogP contribution < -0.4 is 10.2 Å². The fraction of sp³-hybridized carbons (Fsp3) is 0.318. The first kappa shape index (κ1) is 18.8. The van der Waals surface area contributed by atoms with Crippen molar-refractivity contribution in [3.63, 3.8) is 0 Å². The lowest BCUT2D eigenvalue weighted by atomic mass is 9.89. The van der Waals surface area contributed by atoms with Crippen molar-refractivity contribution in [3.8, 4) is 0 Å². The molecule has 2 amide bonds. The highest BCUT2D eigenvalue weighted by Gasteiger charge is 2.43. The van der Waals surface area contributed by atoms with Crippen LogP contribution in [0.5, 0.6) is 0 Å². The Labute approximate surface area is 159 Å². The number of para-hydroxylation sites is 1. The van der Waals surface area contributed by atoms with E-state index in [-0.39, 0.29) is 17.7 Å². The topological polar surface area (TPSA) is 66.5 Å². The zero-order valence-corrected chi connectivity index (χ0v) is 16.1. The van der Waals surface area contributed by atoms with Crippen LogP contribution in [0.3, 0.4) is 0 Å². The van der Waals surface area contributed by atoms with E-state index in [4.69, 9.17) is 0 Å². The zero-order chi connectivity index (χ0) is 19.8. The van der Waals surface area contributed by atoms with E-state index in [2.05, 4.69) is 5.32 Å². The van der Waals surface area contributed by atoms with Crippen molar-refractivity contribution in [1.82, 2.24) is 0 Å². The van der Waals surface area contributed by atoms with Gasteiger partial charge in [0.1, 0.15) is 5.41 Å². The van der Waals surface area contributed by atoms with Crippen molar-refractivity contribution in [3.05, 3.63) is 59.7 Å². The first-order valence-corrected chi connectivity index (χ1v) is 9.06. The number of ketones is 1. The quantitative estimate of drug-likeness (QED) is 0.662. The average Bonchev–Trinajstić information content (AvgIpc) is 2.96. The van der Waals surface area contributed by atoms with Gasteiger partial charge in [-0.15, -0.1) is 0 Å². The molecular weight excluding hydrogens is 340 g/mol. The Morgan fingerprint density at radius 3 is 2.48 bits per heavy atom. The van der Waals surface area contributed by atoms with Gasteiger partial charge in [0.15, 0.2) is 5.78 Å². The molecule has 0 radical (unpaired) electrons. The Balaban J connectivity index is 1.83. The van der Waals surface area contributed by atoms with Gasteiger partial charge in [-0.3, -0.25) is 14.4 Å². The molecule has 140 valence electrons. The maximum Gasteiger partial charge on any atom is 0.242 e. The second kappa shape index (κ2) is 6.99. The van der Waals surface area contributed by atoms with Crippen molar-refractivity contribution >= 4 is 29.0 Å². The summed E-state index contributed by atoms with van der Waals surface area (Å²) in [5, 5.41) is 2.78. The van der Waals surface area contributed by atoms with E-state index in [0.29, 0.717) is 11.3 Å². The smallest absolute Gasteiger partial charge is 0.242 e. The molecule has 1 aliphatic rings. The van der Waals surface area contributed by atoms with Crippen molar-refractivity contribution in [2.45, 2.75) is 40.2 Å². The normalized spacial score (nSPS) is 16.0. The number of carbonyl (C=O) groups is 3. The van der Waals surface area contributed by atoms with Gasteiger partial charge in [0, 0.05) is 23.0 Å². The summed E-state index contributed by atoms with van der Waals surface area (Å²) in [5.41, 5.74) is 1.75. The molecule has 1 aliphatic heterocycles. The van der Waals surface area contributed by atoms with Gasteiger partial charge < -0.3 is 10.2 Å². The van der Waals surface area contributed by atoms with Gasteiger partial charge in [0.05, 0.1) is 0 Å². The summed E-state index contributed by atoms with van der Waals surface area (Å²) in [4.78, 5) is 39.4.